The molecule has 1 amide bonds. The number of hydrogen-bond donors (Lipinski definition) is 3. The highest BCUT2D eigenvalue weighted by Crippen LogP contribution is 2.38. The molecule has 394 valence electrons. The monoisotopic (exact) mass is 982 g/mol. The zero-order valence-electron chi connectivity index (χ0n) is 43.7. The van der Waals surface area contributed by atoms with E-state index in [-0.39, 0.29) is 61.0 Å². The second kappa shape index (κ2) is 27.1. The van der Waals surface area contributed by atoms with Crippen molar-refractivity contribution < 1.29 is 62.9 Å². The van der Waals surface area contributed by atoms with Gasteiger partial charge in [-0.2, -0.15) is 0 Å². The number of amides is 1. The van der Waals surface area contributed by atoms with Gasteiger partial charge in [-0.05, 0) is 131 Å². The zero-order valence-corrected chi connectivity index (χ0v) is 43.7. The van der Waals surface area contributed by atoms with Crippen LogP contribution in [0.4, 0.5) is 0 Å². The van der Waals surface area contributed by atoms with E-state index in [9.17, 15) is 34.5 Å². The number of ketones is 2. The Bertz CT molecular complexity index is 1890. The van der Waals surface area contributed by atoms with Crippen LogP contribution in [-0.4, -0.2) is 138 Å². The molecule has 1 saturated carbocycles. The molecular formula is C56H87NO13. The standard InChI is InChI=1S/C56H87NO13/c1-34-17-12-11-13-18-35(2)48(68-33-44-19-16-26-67-44)31-43-23-21-40(7)56(64,70-43)53(61)54(62)57-25-15-14-20-45(57)55(63)69-49(38(5)29-42-22-24-46(58)50(30-42)65-9)32-47(59)37(4)28-39(6)51(60)52(66-10)41(8)36(3)27-34/h11-13,17-18,28,34,36-38,40,42-46,48-52,58,60,64H,8,14-16,19-27,29-33H2,1-7,9-10H3/b13-11+,17-12+,35-18+,39-28+. The molecule has 14 heteroatoms. The average Bonchev–Trinajstić information content (AvgIpc) is 3.87. The first-order valence-corrected chi connectivity index (χ1v) is 26.3. The summed E-state index contributed by atoms with van der Waals surface area (Å²) in [5.41, 5.74) is 2.21. The molecule has 14 nitrogen and oxygen atoms in total. The lowest BCUT2D eigenvalue weighted by molar-refractivity contribution is -0.266. The second-order valence-corrected chi connectivity index (χ2v) is 21.5. The number of rotatable bonds is 8. The van der Waals surface area contributed by atoms with Gasteiger partial charge in [0.25, 0.3) is 11.7 Å². The summed E-state index contributed by atoms with van der Waals surface area (Å²) in [6.07, 6.45) is 14.7. The van der Waals surface area contributed by atoms with Crippen molar-refractivity contribution in [3.05, 3.63) is 59.8 Å². The number of esters is 1. The number of Topliss-reactive ketones (excluding diaryl/α,β-unsaturated/α-hetero) is 2. The van der Waals surface area contributed by atoms with E-state index in [0.717, 1.165) is 36.8 Å². The van der Waals surface area contributed by atoms with Crippen LogP contribution in [-0.2, 0) is 47.6 Å². The molecule has 0 spiro atoms. The molecular weight excluding hydrogens is 895 g/mol. The van der Waals surface area contributed by atoms with Crippen molar-refractivity contribution >= 4 is 23.4 Å². The molecule has 4 fully saturated rings. The Labute approximate surface area is 418 Å². The molecule has 70 heavy (non-hydrogen) atoms. The second-order valence-electron chi connectivity index (χ2n) is 21.5. The van der Waals surface area contributed by atoms with Gasteiger partial charge in [0.15, 0.2) is 0 Å². The zero-order chi connectivity index (χ0) is 51.3. The number of aliphatic hydroxyl groups is 3. The summed E-state index contributed by atoms with van der Waals surface area (Å²) in [5.74, 6) is -6.90. The van der Waals surface area contributed by atoms with Gasteiger partial charge in [-0.15, -0.1) is 0 Å². The van der Waals surface area contributed by atoms with E-state index in [1.54, 1.807) is 41.1 Å². The highest BCUT2D eigenvalue weighted by atomic mass is 16.6. The number of carbonyl (C=O) groups excluding carboxylic acids is 4. The molecule has 3 saturated heterocycles. The first-order valence-electron chi connectivity index (χ1n) is 26.3. The van der Waals surface area contributed by atoms with Crippen LogP contribution in [0.5, 0.6) is 0 Å². The number of hydrogen-bond acceptors (Lipinski definition) is 13. The van der Waals surface area contributed by atoms with E-state index in [0.29, 0.717) is 70.2 Å². The van der Waals surface area contributed by atoms with Gasteiger partial charge in [0.05, 0.1) is 37.1 Å². The lowest BCUT2D eigenvalue weighted by Crippen LogP contribution is -2.61. The summed E-state index contributed by atoms with van der Waals surface area (Å²) >= 11 is 0. The SMILES string of the molecule is C=C1C(C)CC(C)/C=C/C=C/C=C(\C)C(OCC2CCCO2)CC2CCC(C)C(O)(O2)C(=O)C(=O)N2CCCCC2C(=O)OC(C(C)CC2CCC(O)C(OC)C2)CC(=O)C(C)/C=C(\C)C(O)C1OC. The maximum absolute atomic E-state index is 14.5. The molecule has 0 aromatic heterocycles. The van der Waals surface area contributed by atoms with E-state index in [2.05, 4.69) is 26.5 Å². The Hall–Kier alpha value is -3.34. The van der Waals surface area contributed by atoms with E-state index >= 15 is 0 Å². The molecule has 16 atom stereocenters. The highest BCUT2D eigenvalue weighted by Gasteiger charge is 2.53. The van der Waals surface area contributed by atoms with Crippen LogP contribution in [0.25, 0.3) is 0 Å². The number of carbonyl (C=O) groups is 4. The summed E-state index contributed by atoms with van der Waals surface area (Å²) in [7, 11) is 3.12. The van der Waals surface area contributed by atoms with E-state index in [1.807, 2.05) is 38.2 Å². The Kier molecular flexibility index (Phi) is 22.3. The molecule has 4 aliphatic heterocycles. The third kappa shape index (κ3) is 15.3. The van der Waals surface area contributed by atoms with Gasteiger partial charge in [0, 0.05) is 52.0 Å². The van der Waals surface area contributed by atoms with Crippen molar-refractivity contribution in [3.63, 3.8) is 0 Å². The first-order chi connectivity index (χ1) is 33.3. The summed E-state index contributed by atoms with van der Waals surface area (Å²) < 4.78 is 36.4. The Morgan fingerprint density at radius 3 is 2.34 bits per heavy atom. The van der Waals surface area contributed by atoms with Gasteiger partial charge in [-0.3, -0.25) is 14.4 Å². The molecule has 2 bridgehead atoms. The van der Waals surface area contributed by atoms with Crippen LogP contribution in [0.15, 0.2) is 59.8 Å². The maximum atomic E-state index is 14.5. The number of ether oxygens (including phenoxy) is 6. The number of aliphatic hydroxyl groups excluding tert-OH is 2. The minimum atomic E-state index is -2.44. The van der Waals surface area contributed by atoms with Gasteiger partial charge < -0.3 is 48.6 Å². The Balaban J connectivity index is 1.48. The van der Waals surface area contributed by atoms with Gasteiger partial charge in [-0.25, -0.2) is 4.79 Å². The lowest BCUT2D eigenvalue weighted by Gasteiger charge is -2.43. The maximum Gasteiger partial charge on any atom is 0.329 e. The predicted octanol–water partition coefficient (Wildman–Crippen LogP) is 7.72. The first kappa shape index (κ1) is 57.6. The molecule has 0 radical (unpaired) electrons. The largest absolute Gasteiger partial charge is 0.460 e. The van der Waals surface area contributed by atoms with Gasteiger partial charge in [0.1, 0.15) is 30.1 Å². The minimum Gasteiger partial charge on any atom is -0.460 e. The minimum absolute atomic E-state index is 0.00752. The third-order valence-corrected chi connectivity index (χ3v) is 15.9. The van der Waals surface area contributed by atoms with Gasteiger partial charge in [-0.1, -0.05) is 77.7 Å². The van der Waals surface area contributed by atoms with Crippen molar-refractivity contribution in [2.75, 3.05) is 34.0 Å². The van der Waals surface area contributed by atoms with Crippen LogP contribution in [0, 0.1) is 35.5 Å². The van der Waals surface area contributed by atoms with Crippen molar-refractivity contribution in [1.29, 1.82) is 0 Å². The molecule has 5 aliphatic rings. The van der Waals surface area contributed by atoms with Crippen LogP contribution in [0.2, 0.25) is 0 Å². The van der Waals surface area contributed by atoms with Crippen molar-refractivity contribution in [2.45, 2.75) is 199 Å². The van der Waals surface area contributed by atoms with Crippen LogP contribution in [0.3, 0.4) is 0 Å². The van der Waals surface area contributed by atoms with Gasteiger partial charge >= 0.3 is 5.97 Å². The predicted molar refractivity (Wildman–Crippen MR) is 267 cm³/mol. The Morgan fingerprint density at radius 1 is 0.886 bits per heavy atom. The van der Waals surface area contributed by atoms with Gasteiger partial charge in [0.2, 0.25) is 5.79 Å². The van der Waals surface area contributed by atoms with Crippen molar-refractivity contribution in [1.82, 2.24) is 4.90 Å². The quantitative estimate of drug-likeness (QED) is 0.122. The molecule has 4 heterocycles. The number of piperidine rings is 1. The fourth-order valence-corrected chi connectivity index (χ4v) is 11.2. The molecule has 5 rings (SSSR count). The summed E-state index contributed by atoms with van der Waals surface area (Å²) in [6.45, 7) is 18.8. The third-order valence-electron chi connectivity index (χ3n) is 15.9. The summed E-state index contributed by atoms with van der Waals surface area (Å²) in [6, 6.07) is -1.13. The Morgan fingerprint density at radius 2 is 1.64 bits per heavy atom. The van der Waals surface area contributed by atoms with Crippen LogP contribution in [0.1, 0.15) is 138 Å². The van der Waals surface area contributed by atoms with Crippen molar-refractivity contribution in [2.24, 2.45) is 35.5 Å². The molecule has 0 aromatic rings. The number of cyclic esters (lactones) is 1. The molecule has 1 aliphatic carbocycles. The number of fused-ring (bicyclic) bond motifs is 3. The van der Waals surface area contributed by atoms with Crippen LogP contribution < -0.4 is 0 Å². The highest BCUT2D eigenvalue weighted by molar-refractivity contribution is 6.39. The molecule has 3 N–H and O–H groups in total. The normalized spacial score (nSPS) is 40.6. The fourth-order valence-electron chi connectivity index (χ4n) is 11.2. The number of nitrogens with zero attached hydrogens (tertiary/aromatic N) is 1. The number of allylic oxidation sites excluding steroid dienone is 6. The van der Waals surface area contributed by atoms with E-state index in [1.165, 1.54) is 4.90 Å². The summed E-state index contributed by atoms with van der Waals surface area (Å²) in [5, 5.41) is 34.3. The topological polar surface area (TPSA) is 188 Å². The van der Waals surface area contributed by atoms with E-state index in [4.69, 9.17) is 28.4 Å². The van der Waals surface area contributed by atoms with Crippen molar-refractivity contribution in [3.8, 4) is 0 Å². The number of methoxy groups -OCH3 is 2. The van der Waals surface area contributed by atoms with E-state index < -0.39 is 77.9 Å². The lowest BCUT2D eigenvalue weighted by atomic mass is 9.78. The average molecular weight is 982 g/mol. The fraction of sp³-hybridized carbons (Fsp3) is 0.750. The summed E-state index contributed by atoms with van der Waals surface area (Å²) in [4.78, 5) is 58.8. The smallest absolute Gasteiger partial charge is 0.329 e. The molecule has 16 unspecified atom stereocenters. The molecule has 0 aromatic carbocycles. The van der Waals surface area contributed by atoms with Crippen LogP contribution >= 0.6 is 0 Å².